The largest absolute Gasteiger partial charge is 0.520 e. The van der Waals surface area contributed by atoms with Crippen molar-refractivity contribution in [3.63, 3.8) is 0 Å². The van der Waals surface area contributed by atoms with Crippen LogP contribution in [-0.2, 0) is 9.16 Å². The zero-order chi connectivity index (χ0) is 10.3. The molecule has 0 amide bonds. The standard InChI is InChI=1S/C10H22O2Si/c1-6-7-8-9-10(11-2)12-13(3,4)5/h9H,6-8H2,1-5H3. The minimum atomic E-state index is -1.49. The number of hydrogen-bond donors (Lipinski definition) is 0. The van der Waals surface area contributed by atoms with Gasteiger partial charge in [0.15, 0.2) is 0 Å². The molecule has 0 bridgehead atoms. The van der Waals surface area contributed by atoms with Crippen LogP contribution >= 0.6 is 0 Å². The summed E-state index contributed by atoms with van der Waals surface area (Å²) in [6, 6.07) is 0. The molecular weight excluding hydrogens is 180 g/mol. The van der Waals surface area contributed by atoms with E-state index in [0.29, 0.717) is 5.95 Å². The molecule has 78 valence electrons. The van der Waals surface area contributed by atoms with E-state index in [9.17, 15) is 0 Å². The molecule has 0 saturated heterocycles. The van der Waals surface area contributed by atoms with Crippen molar-refractivity contribution in [2.24, 2.45) is 0 Å². The van der Waals surface area contributed by atoms with Crippen LogP contribution < -0.4 is 0 Å². The van der Waals surface area contributed by atoms with Crippen LogP contribution in [0.25, 0.3) is 0 Å². The maximum absolute atomic E-state index is 5.71. The van der Waals surface area contributed by atoms with Crippen LogP contribution in [0, 0.1) is 0 Å². The average Bonchev–Trinajstić information content (AvgIpc) is 2.01. The first-order valence-electron chi connectivity index (χ1n) is 4.92. The van der Waals surface area contributed by atoms with E-state index in [1.165, 1.54) is 12.8 Å². The zero-order valence-corrected chi connectivity index (χ0v) is 10.5. The molecule has 0 aromatic rings. The summed E-state index contributed by atoms with van der Waals surface area (Å²) in [5.74, 6) is 0.701. The molecule has 0 aromatic heterocycles. The van der Waals surface area contributed by atoms with Gasteiger partial charge in [-0.15, -0.1) is 0 Å². The van der Waals surface area contributed by atoms with Gasteiger partial charge < -0.3 is 9.16 Å². The molecule has 0 radical (unpaired) electrons. The maximum atomic E-state index is 5.71. The van der Waals surface area contributed by atoms with Crippen molar-refractivity contribution in [2.75, 3.05) is 7.11 Å². The quantitative estimate of drug-likeness (QED) is 0.373. The third-order valence-electron chi connectivity index (χ3n) is 1.48. The van der Waals surface area contributed by atoms with Gasteiger partial charge in [0.1, 0.15) is 0 Å². The van der Waals surface area contributed by atoms with Crippen molar-refractivity contribution in [2.45, 2.75) is 45.8 Å². The van der Waals surface area contributed by atoms with Gasteiger partial charge in [-0.3, -0.25) is 0 Å². The predicted octanol–water partition coefficient (Wildman–Crippen LogP) is 3.52. The second-order valence-electron chi connectivity index (χ2n) is 4.08. The van der Waals surface area contributed by atoms with Crippen LogP contribution in [0.3, 0.4) is 0 Å². The molecule has 0 rings (SSSR count). The minimum absolute atomic E-state index is 0.701. The van der Waals surface area contributed by atoms with Crippen molar-refractivity contribution in [3.8, 4) is 0 Å². The first-order chi connectivity index (χ1) is 5.99. The van der Waals surface area contributed by atoms with Crippen molar-refractivity contribution in [3.05, 3.63) is 12.0 Å². The lowest BCUT2D eigenvalue weighted by atomic mass is 10.2. The van der Waals surface area contributed by atoms with Crippen LogP contribution in [0.15, 0.2) is 12.0 Å². The highest BCUT2D eigenvalue weighted by atomic mass is 28.4. The summed E-state index contributed by atoms with van der Waals surface area (Å²) in [6.45, 7) is 8.64. The van der Waals surface area contributed by atoms with Crippen molar-refractivity contribution in [1.29, 1.82) is 0 Å². The molecule has 3 heteroatoms. The van der Waals surface area contributed by atoms with Crippen LogP contribution in [0.1, 0.15) is 26.2 Å². The van der Waals surface area contributed by atoms with Crippen molar-refractivity contribution in [1.82, 2.24) is 0 Å². The van der Waals surface area contributed by atoms with Gasteiger partial charge in [-0.25, -0.2) is 0 Å². The number of rotatable bonds is 6. The van der Waals surface area contributed by atoms with Gasteiger partial charge in [-0.05, 0) is 38.6 Å². The molecule has 0 aliphatic carbocycles. The van der Waals surface area contributed by atoms with Crippen molar-refractivity contribution < 1.29 is 9.16 Å². The Labute approximate surface area is 83.1 Å². The lowest BCUT2D eigenvalue weighted by Crippen LogP contribution is -2.25. The minimum Gasteiger partial charge on any atom is -0.520 e. The number of allylic oxidation sites excluding steroid dienone is 1. The summed E-state index contributed by atoms with van der Waals surface area (Å²) >= 11 is 0. The second-order valence-corrected chi connectivity index (χ2v) is 8.51. The second kappa shape index (κ2) is 6.08. The van der Waals surface area contributed by atoms with Crippen LogP contribution in [0.4, 0.5) is 0 Å². The fourth-order valence-electron chi connectivity index (χ4n) is 0.892. The van der Waals surface area contributed by atoms with Gasteiger partial charge in [-0.1, -0.05) is 13.3 Å². The third kappa shape index (κ3) is 7.90. The molecule has 0 spiro atoms. The summed E-state index contributed by atoms with van der Waals surface area (Å²) in [5.41, 5.74) is 0. The van der Waals surface area contributed by atoms with E-state index in [0.717, 1.165) is 6.42 Å². The van der Waals surface area contributed by atoms with E-state index in [4.69, 9.17) is 9.16 Å². The molecule has 0 aromatic carbocycles. The molecule has 0 N–H and O–H groups in total. The van der Waals surface area contributed by atoms with Gasteiger partial charge in [0.25, 0.3) is 5.95 Å². The summed E-state index contributed by atoms with van der Waals surface area (Å²) in [5, 5.41) is 0. The highest BCUT2D eigenvalue weighted by molar-refractivity contribution is 6.69. The monoisotopic (exact) mass is 202 g/mol. The van der Waals surface area contributed by atoms with Crippen LogP contribution in [-0.4, -0.2) is 15.4 Å². The molecule has 13 heavy (non-hydrogen) atoms. The van der Waals surface area contributed by atoms with E-state index in [1.54, 1.807) is 7.11 Å². The maximum Gasteiger partial charge on any atom is 0.260 e. The molecule has 0 heterocycles. The van der Waals surface area contributed by atoms with Gasteiger partial charge in [0, 0.05) is 0 Å². The number of methoxy groups -OCH3 is 1. The third-order valence-corrected chi connectivity index (χ3v) is 2.29. The van der Waals surface area contributed by atoms with Gasteiger partial charge >= 0.3 is 0 Å². The van der Waals surface area contributed by atoms with Crippen LogP contribution in [0.5, 0.6) is 0 Å². The smallest absolute Gasteiger partial charge is 0.260 e. The molecule has 0 unspecified atom stereocenters. The van der Waals surface area contributed by atoms with E-state index in [-0.39, 0.29) is 0 Å². The molecule has 0 atom stereocenters. The zero-order valence-electron chi connectivity index (χ0n) is 9.52. The molecule has 2 nitrogen and oxygen atoms in total. The Kier molecular flexibility index (Phi) is 5.87. The fourth-order valence-corrected chi connectivity index (χ4v) is 1.66. The highest BCUT2D eigenvalue weighted by Gasteiger charge is 2.17. The Morgan fingerprint density at radius 1 is 1.31 bits per heavy atom. The average molecular weight is 202 g/mol. The predicted molar refractivity (Wildman–Crippen MR) is 59.0 cm³/mol. The van der Waals surface area contributed by atoms with Crippen LogP contribution in [0.2, 0.25) is 19.6 Å². The van der Waals surface area contributed by atoms with Crippen molar-refractivity contribution >= 4 is 8.32 Å². The van der Waals surface area contributed by atoms with Gasteiger partial charge in [0.2, 0.25) is 8.32 Å². The lowest BCUT2D eigenvalue weighted by Gasteiger charge is -2.20. The fraction of sp³-hybridized carbons (Fsp3) is 0.800. The highest BCUT2D eigenvalue weighted by Crippen LogP contribution is 2.12. The van der Waals surface area contributed by atoms with E-state index in [1.807, 2.05) is 6.08 Å². The Bertz CT molecular complexity index is 159. The summed E-state index contributed by atoms with van der Waals surface area (Å²) in [4.78, 5) is 0. The van der Waals surface area contributed by atoms with Gasteiger partial charge in [-0.2, -0.15) is 0 Å². The summed E-state index contributed by atoms with van der Waals surface area (Å²) in [6.07, 6.45) is 5.49. The molecular formula is C10H22O2Si. The Morgan fingerprint density at radius 2 is 1.92 bits per heavy atom. The number of ether oxygens (including phenoxy) is 1. The molecule has 0 aliphatic heterocycles. The first kappa shape index (κ1) is 12.6. The topological polar surface area (TPSA) is 18.5 Å². The lowest BCUT2D eigenvalue weighted by molar-refractivity contribution is 0.145. The number of unbranched alkanes of at least 4 members (excludes halogenated alkanes) is 2. The Balaban J connectivity index is 3.94. The molecule has 0 saturated carbocycles. The first-order valence-corrected chi connectivity index (χ1v) is 8.33. The summed E-state index contributed by atoms with van der Waals surface area (Å²) in [7, 11) is 0.170. The van der Waals surface area contributed by atoms with E-state index >= 15 is 0 Å². The van der Waals surface area contributed by atoms with E-state index < -0.39 is 8.32 Å². The molecule has 0 aliphatic rings. The molecule has 0 fully saturated rings. The Morgan fingerprint density at radius 3 is 2.31 bits per heavy atom. The normalized spacial score (nSPS) is 12.8. The van der Waals surface area contributed by atoms with Gasteiger partial charge in [0.05, 0.1) is 7.11 Å². The summed E-state index contributed by atoms with van der Waals surface area (Å²) < 4.78 is 10.9. The Hall–Kier alpha value is -0.443. The SMILES string of the molecule is CCCCC=C(OC)O[Si](C)(C)C. The number of hydrogen-bond acceptors (Lipinski definition) is 2. The van der Waals surface area contributed by atoms with E-state index in [2.05, 4.69) is 26.6 Å².